The molecule has 0 bridgehead atoms. The molecule has 1 aliphatic heterocycles. The number of carbonyl (C=O) groups excluding carboxylic acids is 3. The average molecular weight is 737 g/mol. The van der Waals surface area contributed by atoms with Crippen LogP contribution in [0.1, 0.15) is 91.5 Å². The quantitative estimate of drug-likeness (QED) is 0.137. The predicted molar refractivity (Wildman–Crippen MR) is 199 cm³/mol. The number of carbonyl (C=O) groups is 3. The van der Waals surface area contributed by atoms with Crippen molar-refractivity contribution in [3.8, 4) is 0 Å². The van der Waals surface area contributed by atoms with Crippen molar-refractivity contribution >= 4 is 24.0 Å². The summed E-state index contributed by atoms with van der Waals surface area (Å²) in [5.41, 5.74) is -5.80. The summed E-state index contributed by atoms with van der Waals surface area (Å²) in [5, 5.41) is 38.7. The molecule has 1 heterocycles. The van der Waals surface area contributed by atoms with Crippen molar-refractivity contribution in [2.75, 3.05) is 39.8 Å². The molecule has 11 heteroatoms. The van der Waals surface area contributed by atoms with Crippen molar-refractivity contribution < 1.29 is 43.9 Å². The summed E-state index contributed by atoms with van der Waals surface area (Å²) in [4.78, 5) is 44.0. The third-order valence-electron chi connectivity index (χ3n) is 14.3. The summed E-state index contributed by atoms with van der Waals surface area (Å²) < 4.78 is 18.2. The van der Waals surface area contributed by atoms with Crippen LogP contribution < -0.4 is 0 Å². The van der Waals surface area contributed by atoms with Crippen LogP contribution in [-0.2, 0) is 28.6 Å². The first-order chi connectivity index (χ1) is 25.0. The van der Waals surface area contributed by atoms with Gasteiger partial charge in [0.15, 0.2) is 0 Å². The second kappa shape index (κ2) is 14.9. The van der Waals surface area contributed by atoms with Gasteiger partial charge in [-0.05, 0) is 76.0 Å². The van der Waals surface area contributed by atoms with E-state index in [1.54, 1.807) is 26.8 Å². The van der Waals surface area contributed by atoms with Crippen LogP contribution in [0.15, 0.2) is 48.1 Å². The number of esters is 3. The van der Waals surface area contributed by atoms with Crippen molar-refractivity contribution in [1.82, 2.24) is 9.80 Å². The molecule has 4 aliphatic carbocycles. The van der Waals surface area contributed by atoms with Gasteiger partial charge in [-0.3, -0.25) is 14.5 Å². The lowest BCUT2D eigenvalue weighted by molar-refractivity contribution is -0.326. The third-order valence-corrected chi connectivity index (χ3v) is 14.3. The number of rotatable bonds is 10. The molecule has 1 unspecified atom stereocenters. The number of piperazine rings is 1. The van der Waals surface area contributed by atoms with Crippen molar-refractivity contribution in [1.29, 1.82) is 0 Å². The fraction of sp³-hybridized carbons (Fsp3) is 0.690. The van der Waals surface area contributed by atoms with Gasteiger partial charge in [0, 0.05) is 44.6 Å². The van der Waals surface area contributed by atoms with Crippen LogP contribution in [0.5, 0.6) is 0 Å². The smallest absolute Gasteiger partial charge is 0.331 e. The Labute approximate surface area is 314 Å². The normalized spacial score (nSPS) is 38.5. The number of hydrogen-bond acceptors (Lipinski definition) is 11. The summed E-state index contributed by atoms with van der Waals surface area (Å²) in [7, 11) is 2.08. The summed E-state index contributed by atoms with van der Waals surface area (Å²) in [6, 6.07) is 9.35. The minimum absolute atomic E-state index is 0.0118. The zero-order chi connectivity index (χ0) is 38.4. The topological polar surface area (TPSA) is 146 Å². The van der Waals surface area contributed by atoms with Crippen LogP contribution in [0.2, 0.25) is 0 Å². The lowest BCUT2D eigenvalue weighted by Crippen LogP contribution is -2.78. The highest BCUT2D eigenvalue weighted by molar-refractivity contribution is 5.87. The largest absolute Gasteiger partial charge is 0.461 e. The van der Waals surface area contributed by atoms with E-state index in [0.29, 0.717) is 25.7 Å². The number of ether oxygens (including phenoxy) is 3. The zero-order valence-electron chi connectivity index (χ0n) is 32.4. The summed E-state index contributed by atoms with van der Waals surface area (Å²) in [6.07, 6.45) is 5.15. The Balaban J connectivity index is 1.29. The van der Waals surface area contributed by atoms with Gasteiger partial charge < -0.3 is 34.4 Å². The molecule has 0 amide bonds. The zero-order valence-corrected chi connectivity index (χ0v) is 32.4. The molecule has 1 saturated heterocycles. The van der Waals surface area contributed by atoms with Gasteiger partial charge in [0.1, 0.15) is 35.1 Å². The highest BCUT2D eigenvalue weighted by Crippen LogP contribution is 2.71. The molecular weight excluding hydrogens is 676 g/mol. The molecule has 0 spiro atoms. The molecule has 4 fully saturated rings. The maximum atomic E-state index is 13.6. The maximum Gasteiger partial charge on any atom is 0.331 e. The number of hydrogen-bond donors (Lipinski definition) is 3. The molecular formula is C42H60N2O9. The van der Waals surface area contributed by atoms with Gasteiger partial charge in [0.05, 0.1) is 17.9 Å². The average Bonchev–Trinajstić information content (AvgIpc) is 3.37. The maximum absolute atomic E-state index is 13.6. The van der Waals surface area contributed by atoms with Gasteiger partial charge in [0.25, 0.3) is 0 Å². The lowest BCUT2D eigenvalue weighted by Gasteiger charge is -2.67. The number of fused-ring (bicyclic) bond motifs is 5. The third kappa shape index (κ3) is 6.79. The van der Waals surface area contributed by atoms with Crippen LogP contribution in [0.3, 0.4) is 0 Å². The number of aliphatic hydroxyl groups is 3. The summed E-state index contributed by atoms with van der Waals surface area (Å²) in [5.74, 6) is -2.28. The first kappa shape index (κ1) is 39.6. The van der Waals surface area contributed by atoms with Gasteiger partial charge >= 0.3 is 17.9 Å². The first-order valence-corrected chi connectivity index (χ1v) is 19.6. The molecule has 11 nitrogen and oxygen atoms in total. The highest BCUT2D eigenvalue weighted by Gasteiger charge is 2.81. The van der Waals surface area contributed by atoms with Crippen molar-refractivity contribution in [3.05, 3.63) is 53.6 Å². The Bertz CT molecular complexity index is 1590. The van der Waals surface area contributed by atoms with Crippen LogP contribution in [0.25, 0.3) is 6.08 Å². The molecule has 53 heavy (non-hydrogen) atoms. The van der Waals surface area contributed by atoms with E-state index in [0.717, 1.165) is 37.3 Å². The van der Waals surface area contributed by atoms with Crippen LogP contribution in [0, 0.1) is 22.7 Å². The summed E-state index contributed by atoms with van der Waals surface area (Å²) >= 11 is 0. The lowest BCUT2D eigenvalue weighted by atomic mass is 9.42. The van der Waals surface area contributed by atoms with Gasteiger partial charge in [0.2, 0.25) is 0 Å². The van der Waals surface area contributed by atoms with Gasteiger partial charge in [-0.2, -0.15) is 0 Å². The van der Waals surface area contributed by atoms with Gasteiger partial charge in [-0.25, -0.2) is 4.79 Å². The Morgan fingerprint density at radius 2 is 1.68 bits per heavy atom. The van der Waals surface area contributed by atoms with Crippen molar-refractivity contribution in [2.24, 2.45) is 22.7 Å². The Morgan fingerprint density at radius 3 is 2.36 bits per heavy atom. The molecule has 0 radical (unpaired) electrons. The van der Waals surface area contributed by atoms with Gasteiger partial charge in [-0.15, -0.1) is 0 Å². The van der Waals surface area contributed by atoms with E-state index < -0.39 is 63.6 Å². The second-order valence-electron chi connectivity index (χ2n) is 17.0. The molecule has 10 atom stereocenters. The Hall–Kier alpha value is -3.09. The highest BCUT2D eigenvalue weighted by atomic mass is 16.6. The Morgan fingerprint density at radius 1 is 0.981 bits per heavy atom. The molecule has 6 rings (SSSR count). The van der Waals surface area contributed by atoms with Crippen LogP contribution in [-0.4, -0.2) is 118 Å². The fourth-order valence-corrected chi connectivity index (χ4v) is 10.5. The minimum atomic E-state index is -1.92. The molecule has 5 aliphatic rings. The Kier molecular flexibility index (Phi) is 11.1. The second-order valence-corrected chi connectivity index (χ2v) is 17.0. The monoisotopic (exact) mass is 736 g/mol. The van der Waals surface area contributed by atoms with E-state index in [1.165, 1.54) is 6.08 Å². The fourth-order valence-electron chi connectivity index (χ4n) is 10.5. The molecule has 3 saturated carbocycles. The van der Waals surface area contributed by atoms with Crippen molar-refractivity contribution in [2.45, 2.75) is 121 Å². The molecule has 0 aromatic heterocycles. The van der Waals surface area contributed by atoms with E-state index in [1.807, 2.05) is 43.3 Å². The first-order valence-electron chi connectivity index (χ1n) is 19.6. The number of nitrogens with zero attached hydrogens (tertiary/aromatic N) is 2. The number of likely N-dealkylation sites (N-methyl/N-ethyl adjacent to an activating group) is 1. The van der Waals surface area contributed by atoms with E-state index in [-0.39, 0.29) is 44.3 Å². The van der Waals surface area contributed by atoms with Crippen LogP contribution in [0.4, 0.5) is 0 Å². The molecule has 1 aromatic rings. The summed E-state index contributed by atoms with van der Waals surface area (Å²) in [6.45, 7) is 12.8. The molecule has 1 aromatic carbocycles. The van der Waals surface area contributed by atoms with Crippen LogP contribution >= 0.6 is 0 Å². The molecule has 292 valence electrons. The van der Waals surface area contributed by atoms with E-state index in [4.69, 9.17) is 14.2 Å². The predicted octanol–water partition coefficient (Wildman–Crippen LogP) is 4.28. The van der Waals surface area contributed by atoms with Crippen molar-refractivity contribution in [3.63, 3.8) is 0 Å². The number of benzene rings is 1. The minimum Gasteiger partial charge on any atom is -0.461 e. The standard InChI is InChI=1S/C42H60N2O9/c1-7-28(2)37(47)51-29(3)40(48)19-20-42(50)39(40,5)34(53-35(45)14-13-30-11-9-8-10-12-30)26-33-38(4)17-16-32(25-31(38)15-18-41(33,42)49)52-36(46)27-44-23-21-43(6)22-24-44/h8-15,28-29,32-34,48-50H,7,16-27H2,1-6H3/b14-13+/t28-,29-,32-,33?,34+,38-,39+,40+,41-,42+/m0/s1. The van der Waals surface area contributed by atoms with E-state index in [2.05, 4.69) is 23.8 Å². The SMILES string of the molecule is CC[C@H](C)C(=O)O[C@@H](C)[C@]1(O)CC[C@@]2(O)[C@]1(C)[C@H](OC(=O)/C=C/c1ccccc1)CC1[C@@]3(C)CC[C@H](OC(=O)CN4CCN(C)CC4)CC3=CC[C@]12O. The van der Waals surface area contributed by atoms with Gasteiger partial charge in [-0.1, -0.05) is 69.7 Å². The molecule has 3 N–H and O–H groups in total. The van der Waals surface area contributed by atoms with E-state index >= 15 is 0 Å². The van der Waals surface area contributed by atoms with E-state index in [9.17, 15) is 29.7 Å².